The van der Waals surface area contributed by atoms with Crippen molar-refractivity contribution in [3.63, 3.8) is 0 Å². The number of ether oxygens (including phenoxy) is 5. The summed E-state index contributed by atoms with van der Waals surface area (Å²) in [5.41, 5.74) is 4.07. The van der Waals surface area contributed by atoms with E-state index in [1.165, 1.54) is 13.2 Å². The lowest BCUT2D eigenvalue weighted by Gasteiger charge is -2.15. The number of carbonyl (C=O) groups is 1. The summed E-state index contributed by atoms with van der Waals surface area (Å²) < 4.78 is 27.0. The average Bonchev–Trinajstić information content (AvgIpc) is 2.90. The van der Waals surface area contributed by atoms with Crippen LogP contribution in [0.25, 0.3) is 18.2 Å². The van der Waals surface area contributed by atoms with Crippen molar-refractivity contribution < 1.29 is 28.5 Å². The first-order valence-corrected chi connectivity index (χ1v) is 11.0. The topological polar surface area (TPSA) is 63.2 Å². The van der Waals surface area contributed by atoms with Crippen molar-refractivity contribution in [3.05, 3.63) is 82.4 Å². The molecule has 182 valence electrons. The van der Waals surface area contributed by atoms with Gasteiger partial charge in [-0.25, -0.2) is 0 Å². The zero-order valence-electron chi connectivity index (χ0n) is 20.9. The Bertz CT molecular complexity index is 1240. The van der Waals surface area contributed by atoms with Crippen LogP contribution in [0.4, 0.5) is 0 Å². The normalized spacial score (nSPS) is 11.0. The molecule has 6 heteroatoms. The number of hydrogen-bond acceptors (Lipinski definition) is 6. The Labute approximate surface area is 206 Å². The van der Waals surface area contributed by atoms with Crippen LogP contribution in [-0.4, -0.2) is 41.3 Å². The highest BCUT2D eigenvalue weighted by Crippen LogP contribution is 2.36. The smallest absolute Gasteiger partial charge is 0.185 e. The number of allylic oxidation sites excluding steroid dienone is 1. The highest BCUT2D eigenvalue weighted by atomic mass is 16.5. The predicted molar refractivity (Wildman–Crippen MR) is 139 cm³/mol. The Morgan fingerprint density at radius 2 is 1.29 bits per heavy atom. The van der Waals surface area contributed by atoms with Crippen molar-refractivity contribution in [2.24, 2.45) is 0 Å². The fraction of sp³-hybridized carbons (Fsp3) is 0.207. The molecule has 0 N–H and O–H groups in total. The standard InChI is InChI=1S/C29H30O6/c1-19-23(13-9-20-7-11-22(31-2)12-8-20)24(28(34-5)18-27(19)33-4)14-15-25(30)21-10-16-26(32-3)29(17-21)35-6/h7-18H,1-6H3/b13-9+,15-14+. The van der Waals surface area contributed by atoms with E-state index in [0.29, 0.717) is 28.6 Å². The molecule has 0 aromatic heterocycles. The summed E-state index contributed by atoms with van der Waals surface area (Å²) in [6.07, 6.45) is 7.27. The van der Waals surface area contributed by atoms with E-state index in [2.05, 4.69) is 0 Å². The molecule has 3 aromatic carbocycles. The number of benzene rings is 3. The Kier molecular flexibility index (Phi) is 8.57. The van der Waals surface area contributed by atoms with Crippen LogP contribution >= 0.6 is 0 Å². The van der Waals surface area contributed by atoms with Crippen LogP contribution < -0.4 is 23.7 Å². The van der Waals surface area contributed by atoms with Gasteiger partial charge in [-0.1, -0.05) is 24.3 Å². The van der Waals surface area contributed by atoms with Gasteiger partial charge < -0.3 is 23.7 Å². The van der Waals surface area contributed by atoms with Gasteiger partial charge in [0.1, 0.15) is 17.2 Å². The van der Waals surface area contributed by atoms with Crippen molar-refractivity contribution in [1.82, 2.24) is 0 Å². The molecule has 0 unspecified atom stereocenters. The van der Waals surface area contributed by atoms with Crippen LogP contribution in [0, 0.1) is 6.92 Å². The number of hydrogen-bond donors (Lipinski definition) is 0. The molecule has 0 saturated heterocycles. The third-order valence-corrected chi connectivity index (χ3v) is 5.66. The van der Waals surface area contributed by atoms with Crippen molar-refractivity contribution in [3.8, 4) is 28.7 Å². The molecule has 0 fully saturated rings. The fourth-order valence-electron chi connectivity index (χ4n) is 3.68. The van der Waals surface area contributed by atoms with E-state index in [1.54, 1.807) is 52.7 Å². The third-order valence-electron chi connectivity index (χ3n) is 5.66. The molecule has 0 aliphatic rings. The van der Waals surface area contributed by atoms with Gasteiger partial charge in [0.25, 0.3) is 0 Å². The quantitative estimate of drug-likeness (QED) is 0.201. The summed E-state index contributed by atoms with van der Waals surface area (Å²) in [6.45, 7) is 1.97. The van der Waals surface area contributed by atoms with Gasteiger partial charge in [0.2, 0.25) is 0 Å². The molecular formula is C29H30O6. The van der Waals surface area contributed by atoms with E-state index in [9.17, 15) is 4.79 Å². The largest absolute Gasteiger partial charge is 0.497 e. The lowest BCUT2D eigenvalue weighted by Crippen LogP contribution is -1.99. The summed E-state index contributed by atoms with van der Waals surface area (Å²) in [5, 5.41) is 0. The summed E-state index contributed by atoms with van der Waals surface area (Å²) in [6, 6.07) is 14.6. The van der Waals surface area contributed by atoms with Crippen LogP contribution in [0.3, 0.4) is 0 Å². The molecule has 0 saturated carbocycles. The first kappa shape index (κ1) is 25.4. The molecule has 3 rings (SSSR count). The van der Waals surface area contributed by atoms with E-state index < -0.39 is 0 Å². The Morgan fingerprint density at radius 3 is 1.89 bits per heavy atom. The number of ketones is 1. The van der Waals surface area contributed by atoms with Crippen LogP contribution in [-0.2, 0) is 0 Å². The van der Waals surface area contributed by atoms with Gasteiger partial charge in [0, 0.05) is 17.2 Å². The van der Waals surface area contributed by atoms with Crippen LogP contribution in [0.5, 0.6) is 28.7 Å². The van der Waals surface area contributed by atoms with E-state index in [0.717, 1.165) is 28.0 Å². The van der Waals surface area contributed by atoms with Crippen molar-refractivity contribution in [2.75, 3.05) is 35.5 Å². The molecule has 6 nitrogen and oxygen atoms in total. The molecule has 0 bridgehead atoms. The highest BCUT2D eigenvalue weighted by molar-refractivity contribution is 6.07. The molecule has 0 radical (unpaired) electrons. The first-order chi connectivity index (χ1) is 16.9. The zero-order valence-corrected chi connectivity index (χ0v) is 20.9. The van der Waals surface area contributed by atoms with E-state index in [4.69, 9.17) is 23.7 Å². The first-order valence-electron chi connectivity index (χ1n) is 11.0. The second-order valence-corrected chi connectivity index (χ2v) is 7.61. The summed E-state index contributed by atoms with van der Waals surface area (Å²) in [4.78, 5) is 13.0. The van der Waals surface area contributed by atoms with E-state index in [1.807, 2.05) is 49.4 Å². The van der Waals surface area contributed by atoms with Gasteiger partial charge in [0.15, 0.2) is 17.3 Å². The maximum Gasteiger partial charge on any atom is 0.185 e. The van der Waals surface area contributed by atoms with Gasteiger partial charge in [-0.2, -0.15) is 0 Å². The second-order valence-electron chi connectivity index (χ2n) is 7.61. The summed E-state index contributed by atoms with van der Waals surface area (Å²) in [5.74, 6) is 2.96. The minimum Gasteiger partial charge on any atom is -0.497 e. The van der Waals surface area contributed by atoms with Gasteiger partial charge in [-0.3, -0.25) is 4.79 Å². The van der Waals surface area contributed by atoms with Crippen molar-refractivity contribution in [2.45, 2.75) is 6.92 Å². The van der Waals surface area contributed by atoms with Crippen LogP contribution in [0.2, 0.25) is 0 Å². The minimum absolute atomic E-state index is 0.174. The molecule has 3 aromatic rings. The third kappa shape index (κ3) is 5.84. The predicted octanol–water partition coefficient (Wildman–Crippen LogP) is 6.10. The lowest BCUT2D eigenvalue weighted by atomic mass is 9.97. The van der Waals surface area contributed by atoms with E-state index in [-0.39, 0.29) is 5.78 Å². The highest BCUT2D eigenvalue weighted by Gasteiger charge is 2.15. The Balaban J connectivity index is 2.02. The van der Waals surface area contributed by atoms with Gasteiger partial charge in [0.05, 0.1) is 35.5 Å². The fourth-order valence-corrected chi connectivity index (χ4v) is 3.68. The van der Waals surface area contributed by atoms with Crippen molar-refractivity contribution >= 4 is 24.0 Å². The average molecular weight is 475 g/mol. The molecular weight excluding hydrogens is 444 g/mol. The summed E-state index contributed by atoms with van der Waals surface area (Å²) in [7, 11) is 7.94. The van der Waals surface area contributed by atoms with Gasteiger partial charge in [-0.05, 0) is 66.1 Å². The van der Waals surface area contributed by atoms with Crippen LogP contribution in [0.1, 0.15) is 32.6 Å². The minimum atomic E-state index is -0.174. The van der Waals surface area contributed by atoms with Gasteiger partial charge in [-0.15, -0.1) is 0 Å². The molecule has 0 spiro atoms. The molecule has 0 aliphatic heterocycles. The molecule has 0 amide bonds. The van der Waals surface area contributed by atoms with Gasteiger partial charge >= 0.3 is 0 Å². The Morgan fingerprint density at radius 1 is 0.629 bits per heavy atom. The Hall–Kier alpha value is -4.19. The molecule has 0 heterocycles. The molecule has 0 atom stereocenters. The lowest BCUT2D eigenvalue weighted by molar-refractivity contribution is 0.104. The maximum absolute atomic E-state index is 13.0. The summed E-state index contributed by atoms with van der Waals surface area (Å²) >= 11 is 0. The monoisotopic (exact) mass is 474 g/mol. The number of rotatable bonds is 10. The SMILES string of the molecule is COc1ccc(/C=C/c2c(C)c(OC)cc(OC)c2/C=C/C(=O)c2ccc(OC)c(OC)c2)cc1. The van der Waals surface area contributed by atoms with Crippen molar-refractivity contribution in [1.29, 1.82) is 0 Å². The van der Waals surface area contributed by atoms with E-state index >= 15 is 0 Å². The number of methoxy groups -OCH3 is 5. The second kappa shape index (κ2) is 11.8. The zero-order chi connectivity index (χ0) is 25.4. The van der Waals surface area contributed by atoms with Crippen LogP contribution in [0.15, 0.2) is 54.6 Å². The molecule has 0 aliphatic carbocycles. The maximum atomic E-state index is 13.0. The number of carbonyl (C=O) groups excluding carboxylic acids is 1. The molecule has 35 heavy (non-hydrogen) atoms.